The van der Waals surface area contributed by atoms with Crippen LogP contribution in [0.5, 0.6) is 0 Å². The molecule has 7 heteroatoms. The van der Waals surface area contributed by atoms with E-state index in [9.17, 15) is 17.6 Å². The molecule has 1 unspecified atom stereocenters. The fraction of sp³-hybridized carbons (Fsp3) is 0.462. The van der Waals surface area contributed by atoms with E-state index in [1.165, 1.54) is 0 Å². The molecule has 20 heavy (non-hydrogen) atoms. The number of rotatable bonds is 5. The van der Waals surface area contributed by atoms with E-state index in [2.05, 4.69) is 0 Å². The third kappa shape index (κ3) is 4.57. The van der Waals surface area contributed by atoms with Crippen LogP contribution < -0.4 is 5.14 Å². The maximum atomic E-state index is 13.6. The van der Waals surface area contributed by atoms with Crippen LogP contribution in [0, 0.1) is 11.7 Å². The number of sulfonamides is 1. The van der Waals surface area contributed by atoms with Gasteiger partial charge in [-0.3, -0.25) is 0 Å². The van der Waals surface area contributed by atoms with Crippen LogP contribution in [0.3, 0.4) is 0 Å². The van der Waals surface area contributed by atoms with Crippen molar-refractivity contribution < 1.29 is 22.3 Å². The molecule has 0 bridgehead atoms. The summed E-state index contributed by atoms with van der Waals surface area (Å²) in [5.41, 5.74) is -0.438. The van der Waals surface area contributed by atoms with E-state index in [4.69, 9.17) is 9.88 Å². The first-order valence-electron chi connectivity index (χ1n) is 6.14. The number of ether oxygens (including phenoxy) is 1. The summed E-state index contributed by atoms with van der Waals surface area (Å²) < 4.78 is 41.0. The quantitative estimate of drug-likeness (QED) is 0.844. The van der Waals surface area contributed by atoms with Crippen LogP contribution in [0.25, 0.3) is 0 Å². The lowest BCUT2D eigenvalue weighted by atomic mass is 10.1. The number of esters is 1. The van der Waals surface area contributed by atoms with Crippen molar-refractivity contribution in [2.24, 2.45) is 11.1 Å². The fourth-order valence-corrected chi connectivity index (χ4v) is 2.34. The number of hydrogen-bond acceptors (Lipinski definition) is 4. The molecule has 112 valence electrons. The number of primary sulfonamides is 1. The molecule has 0 aliphatic rings. The largest absolute Gasteiger partial charge is 0.459 e. The Bertz CT molecular complexity index is 598. The molecule has 0 aliphatic carbocycles. The van der Waals surface area contributed by atoms with Gasteiger partial charge in [-0.1, -0.05) is 13.8 Å². The molecule has 2 N–H and O–H groups in total. The van der Waals surface area contributed by atoms with Crippen molar-refractivity contribution in [3.8, 4) is 0 Å². The Balaban J connectivity index is 2.98. The highest BCUT2D eigenvalue weighted by atomic mass is 32.2. The lowest BCUT2D eigenvalue weighted by Crippen LogP contribution is -2.19. The van der Waals surface area contributed by atoms with E-state index in [-0.39, 0.29) is 11.0 Å². The number of hydrogen-bond donors (Lipinski definition) is 1. The molecule has 0 heterocycles. The highest BCUT2D eigenvalue weighted by Crippen LogP contribution is 2.17. The zero-order chi connectivity index (χ0) is 15.5. The Morgan fingerprint density at radius 3 is 2.45 bits per heavy atom. The minimum absolute atomic E-state index is 0.318. The number of carbonyl (C=O) groups is 1. The van der Waals surface area contributed by atoms with Gasteiger partial charge in [0, 0.05) is 0 Å². The minimum atomic E-state index is -4.00. The lowest BCUT2D eigenvalue weighted by molar-refractivity contribution is 0.0294. The third-order valence-electron chi connectivity index (χ3n) is 2.60. The molecule has 1 aromatic rings. The molecular formula is C13H18FNO4S. The smallest absolute Gasteiger partial charge is 0.341 e. The molecule has 5 nitrogen and oxygen atoms in total. The monoisotopic (exact) mass is 303 g/mol. The molecule has 0 radical (unpaired) electrons. The number of benzene rings is 1. The highest BCUT2D eigenvalue weighted by Gasteiger charge is 2.20. The van der Waals surface area contributed by atoms with Crippen LogP contribution in [0.4, 0.5) is 4.39 Å². The van der Waals surface area contributed by atoms with E-state index >= 15 is 0 Å². The van der Waals surface area contributed by atoms with Gasteiger partial charge in [-0.15, -0.1) is 0 Å². The Hall–Kier alpha value is -1.47. The molecule has 1 atom stereocenters. The second kappa shape index (κ2) is 6.32. The number of carbonyl (C=O) groups excluding carboxylic acids is 1. The Labute approximate surface area is 118 Å². The first kappa shape index (κ1) is 16.6. The van der Waals surface area contributed by atoms with Gasteiger partial charge < -0.3 is 4.74 Å². The van der Waals surface area contributed by atoms with Crippen molar-refractivity contribution in [2.75, 3.05) is 0 Å². The Kier molecular flexibility index (Phi) is 5.24. The topological polar surface area (TPSA) is 86.5 Å². The number of halogens is 1. The zero-order valence-corrected chi connectivity index (χ0v) is 12.4. The van der Waals surface area contributed by atoms with E-state index in [0.29, 0.717) is 12.3 Å². The first-order chi connectivity index (χ1) is 9.11. The lowest BCUT2D eigenvalue weighted by Gasteiger charge is -2.15. The van der Waals surface area contributed by atoms with Crippen LogP contribution in [-0.4, -0.2) is 20.5 Å². The molecule has 0 saturated heterocycles. The van der Waals surface area contributed by atoms with E-state index in [1.807, 2.05) is 13.8 Å². The van der Waals surface area contributed by atoms with Crippen molar-refractivity contribution in [1.29, 1.82) is 0 Å². The molecule has 0 amide bonds. The maximum absolute atomic E-state index is 13.6. The second-order valence-electron chi connectivity index (χ2n) is 5.03. The summed E-state index contributed by atoms with van der Waals surface area (Å²) in [6, 6.07) is 2.76. The van der Waals surface area contributed by atoms with Crippen molar-refractivity contribution in [3.63, 3.8) is 0 Å². The second-order valence-corrected chi connectivity index (χ2v) is 6.59. The van der Waals surface area contributed by atoms with E-state index < -0.39 is 27.4 Å². The summed E-state index contributed by atoms with van der Waals surface area (Å²) in [6.45, 7) is 5.62. The molecule has 0 spiro atoms. The van der Waals surface area contributed by atoms with Gasteiger partial charge in [0.1, 0.15) is 5.82 Å². The van der Waals surface area contributed by atoms with Crippen LogP contribution >= 0.6 is 0 Å². The molecule has 0 saturated carbocycles. The molecular weight excluding hydrogens is 285 g/mol. The molecule has 0 aromatic heterocycles. The van der Waals surface area contributed by atoms with Crippen LogP contribution in [-0.2, 0) is 14.8 Å². The van der Waals surface area contributed by atoms with Gasteiger partial charge in [-0.2, -0.15) is 0 Å². The van der Waals surface area contributed by atoms with Gasteiger partial charge in [-0.05, 0) is 37.5 Å². The van der Waals surface area contributed by atoms with Crippen LogP contribution in [0.2, 0.25) is 0 Å². The number of nitrogens with two attached hydrogens (primary N) is 1. The van der Waals surface area contributed by atoms with Crippen molar-refractivity contribution in [2.45, 2.75) is 38.2 Å². The maximum Gasteiger partial charge on any atom is 0.341 e. The van der Waals surface area contributed by atoms with Crippen molar-refractivity contribution in [1.82, 2.24) is 0 Å². The average molecular weight is 303 g/mol. The van der Waals surface area contributed by atoms with Crippen molar-refractivity contribution >= 4 is 16.0 Å². The standard InChI is InChI=1S/C13H18FNO4S/c1-8(2)6-9(3)19-13(16)11-7-10(20(15,17)18)4-5-12(11)14/h4-5,7-9H,6H2,1-3H3,(H2,15,17,18). The molecule has 1 aromatic carbocycles. The summed E-state index contributed by atoms with van der Waals surface area (Å²) in [6.07, 6.45) is 0.238. The van der Waals surface area contributed by atoms with Crippen LogP contribution in [0.1, 0.15) is 37.6 Å². The predicted molar refractivity (Wildman–Crippen MR) is 72.1 cm³/mol. The van der Waals surface area contributed by atoms with Gasteiger partial charge in [0.05, 0.1) is 16.6 Å². The predicted octanol–water partition coefficient (Wildman–Crippen LogP) is 2.06. The van der Waals surface area contributed by atoms with Crippen molar-refractivity contribution in [3.05, 3.63) is 29.6 Å². The first-order valence-corrected chi connectivity index (χ1v) is 7.69. The van der Waals surface area contributed by atoms with E-state index in [0.717, 1.165) is 18.2 Å². The molecule has 1 rings (SSSR count). The Morgan fingerprint density at radius 2 is 1.95 bits per heavy atom. The van der Waals surface area contributed by atoms with Gasteiger partial charge in [-0.25, -0.2) is 22.7 Å². The summed E-state index contributed by atoms with van der Waals surface area (Å²) in [5, 5.41) is 4.94. The van der Waals surface area contributed by atoms with Gasteiger partial charge >= 0.3 is 5.97 Å². The summed E-state index contributed by atoms with van der Waals surface area (Å²) in [5.74, 6) is -1.43. The summed E-state index contributed by atoms with van der Waals surface area (Å²) >= 11 is 0. The van der Waals surface area contributed by atoms with Gasteiger partial charge in [0.2, 0.25) is 10.0 Å². The normalized spacial score (nSPS) is 13.3. The van der Waals surface area contributed by atoms with Gasteiger partial charge in [0.25, 0.3) is 0 Å². The molecule has 0 fully saturated rings. The third-order valence-corrected chi connectivity index (χ3v) is 3.51. The zero-order valence-electron chi connectivity index (χ0n) is 11.6. The fourth-order valence-electron chi connectivity index (χ4n) is 1.80. The van der Waals surface area contributed by atoms with E-state index in [1.54, 1.807) is 6.92 Å². The molecule has 0 aliphatic heterocycles. The summed E-state index contributed by atoms with van der Waals surface area (Å²) in [7, 11) is -4.00. The Morgan fingerprint density at radius 1 is 1.35 bits per heavy atom. The minimum Gasteiger partial charge on any atom is -0.459 e. The summed E-state index contributed by atoms with van der Waals surface area (Å²) in [4.78, 5) is 11.5. The van der Waals surface area contributed by atoms with Gasteiger partial charge in [0.15, 0.2) is 0 Å². The SMILES string of the molecule is CC(C)CC(C)OC(=O)c1cc(S(N)(=O)=O)ccc1F. The van der Waals surface area contributed by atoms with Crippen LogP contribution in [0.15, 0.2) is 23.1 Å². The average Bonchev–Trinajstić information content (AvgIpc) is 2.26. The highest BCUT2D eigenvalue weighted by molar-refractivity contribution is 7.89.